The van der Waals surface area contributed by atoms with Gasteiger partial charge in [0.2, 0.25) is 15.9 Å². The highest BCUT2D eigenvalue weighted by atomic mass is 35.5. The average Bonchev–Trinajstić information content (AvgIpc) is 2.35. The number of rotatable bonds is 8. The quantitative estimate of drug-likeness (QED) is 0.605. The summed E-state index contributed by atoms with van der Waals surface area (Å²) in [5.41, 5.74) is 0.747. The number of sulfonamides is 1. The van der Waals surface area contributed by atoms with Crippen molar-refractivity contribution in [3.05, 3.63) is 24.3 Å². The van der Waals surface area contributed by atoms with Gasteiger partial charge in [-0.1, -0.05) is 12.1 Å². The first-order valence-corrected chi connectivity index (χ1v) is 7.88. The van der Waals surface area contributed by atoms with Crippen molar-refractivity contribution in [3.63, 3.8) is 0 Å². The molecule has 0 fully saturated rings. The van der Waals surface area contributed by atoms with Gasteiger partial charge in [-0.2, -0.15) is 0 Å². The molecule has 21 heavy (non-hydrogen) atoms. The molecular formula is C12H20ClN3O4S. The van der Waals surface area contributed by atoms with Gasteiger partial charge < -0.3 is 15.4 Å². The first-order valence-electron chi connectivity index (χ1n) is 5.98. The highest BCUT2D eigenvalue weighted by Gasteiger charge is 2.09. The van der Waals surface area contributed by atoms with Gasteiger partial charge in [0.1, 0.15) is 0 Å². The lowest BCUT2D eigenvalue weighted by Crippen LogP contribution is -2.30. The number of anilines is 2. The summed E-state index contributed by atoms with van der Waals surface area (Å²) >= 11 is 0. The molecule has 0 aromatic heterocycles. The van der Waals surface area contributed by atoms with Crippen LogP contribution in [-0.2, 0) is 19.6 Å². The second-order valence-corrected chi connectivity index (χ2v) is 5.89. The van der Waals surface area contributed by atoms with Gasteiger partial charge in [-0.05, 0) is 12.1 Å². The average molecular weight is 338 g/mol. The highest BCUT2D eigenvalue weighted by molar-refractivity contribution is 7.92. The molecule has 0 radical (unpaired) electrons. The lowest BCUT2D eigenvalue weighted by Gasteiger charge is -2.12. The largest absolute Gasteiger partial charge is 0.383 e. The number of halogens is 1. The first-order chi connectivity index (χ1) is 9.42. The molecule has 0 atom stereocenters. The van der Waals surface area contributed by atoms with Crippen LogP contribution in [0.5, 0.6) is 0 Å². The molecule has 0 unspecified atom stereocenters. The molecule has 7 nitrogen and oxygen atoms in total. The van der Waals surface area contributed by atoms with Crippen molar-refractivity contribution in [2.45, 2.75) is 0 Å². The van der Waals surface area contributed by atoms with E-state index in [2.05, 4.69) is 15.4 Å². The van der Waals surface area contributed by atoms with Gasteiger partial charge >= 0.3 is 0 Å². The smallest absolute Gasteiger partial charge is 0.238 e. The van der Waals surface area contributed by atoms with E-state index < -0.39 is 10.0 Å². The third-order valence-electron chi connectivity index (χ3n) is 2.27. The molecular weight excluding hydrogens is 318 g/mol. The maximum Gasteiger partial charge on any atom is 0.238 e. The molecule has 0 bridgehead atoms. The molecule has 1 amide bonds. The van der Waals surface area contributed by atoms with Crippen LogP contribution in [0.25, 0.3) is 0 Å². The van der Waals surface area contributed by atoms with Crippen molar-refractivity contribution in [2.75, 3.05) is 43.1 Å². The van der Waals surface area contributed by atoms with Gasteiger partial charge in [-0.3, -0.25) is 9.52 Å². The Bertz CT molecular complexity index is 551. The summed E-state index contributed by atoms with van der Waals surface area (Å²) < 4.78 is 29.7. The molecule has 9 heteroatoms. The number of nitrogens with one attached hydrogen (secondary N) is 3. The number of methoxy groups -OCH3 is 1. The second-order valence-electron chi connectivity index (χ2n) is 4.14. The minimum absolute atomic E-state index is 0. The lowest BCUT2D eigenvalue weighted by atomic mass is 10.2. The van der Waals surface area contributed by atoms with E-state index in [4.69, 9.17) is 4.74 Å². The molecule has 1 aromatic carbocycles. The molecule has 120 valence electrons. The standard InChI is InChI=1S/C12H19N3O4S.ClH/c1-19-8-7-13-9-12(16)14-10-5-3-4-6-11(10)15-20(2,17)18;/h3-6,13,15H,7-9H2,1-2H3,(H,14,16);1H. The summed E-state index contributed by atoms with van der Waals surface area (Å²) in [6.45, 7) is 1.20. The molecule has 0 saturated carbocycles. The van der Waals surface area contributed by atoms with Crippen LogP contribution in [-0.4, -0.2) is 47.4 Å². The summed E-state index contributed by atoms with van der Waals surface area (Å²) in [5, 5.41) is 5.54. The monoisotopic (exact) mass is 337 g/mol. The molecule has 0 aliphatic heterocycles. The SMILES string of the molecule is COCCNCC(=O)Nc1ccccc1NS(C)(=O)=O.Cl. The minimum Gasteiger partial charge on any atom is -0.383 e. The highest BCUT2D eigenvalue weighted by Crippen LogP contribution is 2.21. The van der Waals surface area contributed by atoms with Gasteiger partial charge in [-0.15, -0.1) is 12.4 Å². The van der Waals surface area contributed by atoms with Crippen molar-refractivity contribution in [3.8, 4) is 0 Å². The molecule has 3 N–H and O–H groups in total. The summed E-state index contributed by atoms with van der Waals surface area (Å²) in [5.74, 6) is -0.260. The summed E-state index contributed by atoms with van der Waals surface area (Å²) in [6.07, 6.45) is 1.05. The van der Waals surface area contributed by atoms with Crippen LogP contribution in [0.2, 0.25) is 0 Å². The van der Waals surface area contributed by atoms with Crippen LogP contribution in [0, 0.1) is 0 Å². The van der Waals surface area contributed by atoms with E-state index in [-0.39, 0.29) is 24.9 Å². The van der Waals surface area contributed by atoms with Crippen LogP contribution >= 0.6 is 12.4 Å². The van der Waals surface area contributed by atoms with Crippen molar-refractivity contribution in [2.24, 2.45) is 0 Å². The van der Waals surface area contributed by atoms with Gasteiger partial charge in [-0.25, -0.2) is 8.42 Å². The molecule has 0 aliphatic carbocycles. The van der Waals surface area contributed by atoms with E-state index in [1.807, 2.05) is 0 Å². The van der Waals surface area contributed by atoms with Crippen LogP contribution in [0.3, 0.4) is 0 Å². The van der Waals surface area contributed by atoms with Crippen molar-refractivity contribution in [1.29, 1.82) is 0 Å². The summed E-state index contributed by atoms with van der Waals surface area (Å²) in [6, 6.07) is 6.59. The molecule has 0 heterocycles. The maximum absolute atomic E-state index is 11.7. The zero-order valence-electron chi connectivity index (χ0n) is 11.9. The number of carbonyl (C=O) groups is 1. The fraction of sp³-hybridized carbons (Fsp3) is 0.417. The normalized spacial score (nSPS) is 10.6. The zero-order chi connectivity index (χ0) is 15.0. The van der Waals surface area contributed by atoms with Gasteiger partial charge in [0, 0.05) is 13.7 Å². The Kier molecular flexibility index (Phi) is 8.95. The van der Waals surface area contributed by atoms with Crippen molar-refractivity contribution in [1.82, 2.24) is 5.32 Å². The third-order valence-corrected chi connectivity index (χ3v) is 2.86. The van der Waals surface area contributed by atoms with Crippen molar-refractivity contribution >= 4 is 39.7 Å². The van der Waals surface area contributed by atoms with E-state index in [1.54, 1.807) is 31.4 Å². The van der Waals surface area contributed by atoms with Crippen LogP contribution in [0.15, 0.2) is 24.3 Å². The number of amides is 1. The van der Waals surface area contributed by atoms with Gasteiger partial charge in [0.15, 0.2) is 0 Å². The van der Waals surface area contributed by atoms with E-state index in [0.29, 0.717) is 24.5 Å². The Morgan fingerprint density at radius 1 is 1.24 bits per heavy atom. The molecule has 1 rings (SSSR count). The number of carbonyl (C=O) groups excluding carboxylic acids is 1. The van der Waals surface area contributed by atoms with Crippen LogP contribution < -0.4 is 15.4 Å². The summed E-state index contributed by atoms with van der Waals surface area (Å²) in [4.78, 5) is 11.7. The number of para-hydroxylation sites is 2. The van der Waals surface area contributed by atoms with Gasteiger partial charge in [0.25, 0.3) is 0 Å². The van der Waals surface area contributed by atoms with Crippen LogP contribution in [0.4, 0.5) is 11.4 Å². The number of hydrogen-bond acceptors (Lipinski definition) is 5. The first kappa shape index (κ1) is 19.7. The Balaban J connectivity index is 0.00000400. The Labute approximate surface area is 130 Å². The minimum atomic E-state index is -3.39. The molecule has 0 spiro atoms. The molecule has 0 saturated heterocycles. The number of hydrogen-bond donors (Lipinski definition) is 3. The lowest BCUT2D eigenvalue weighted by molar-refractivity contribution is -0.115. The maximum atomic E-state index is 11.7. The predicted molar refractivity (Wildman–Crippen MR) is 85.5 cm³/mol. The molecule has 0 aliphatic rings. The van der Waals surface area contributed by atoms with E-state index >= 15 is 0 Å². The van der Waals surface area contributed by atoms with Gasteiger partial charge in [0.05, 0.1) is 30.8 Å². The summed E-state index contributed by atoms with van der Waals surface area (Å²) in [7, 11) is -1.81. The van der Waals surface area contributed by atoms with Crippen molar-refractivity contribution < 1.29 is 17.9 Å². The van der Waals surface area contributed by atoms with E-state index in [1.165, 1.54) is 0 Å². The number of ether oxygens (including phenoxy) is 1. The predicted octanol–water partition coefficient (Wildman–Crippen LogP) is 0.654. The molecule has 1 aromatic rings. The van der Waals surface area contributed by atoms with E-state index in [0.717, 1.165) is 6.26 Å². The zero-order valence-corrected chi connectivity index (χ0v) is 13.5. The third kappa shape index (κ3) is 8.51. The number of benzene rings is 1. The second kappa shape index (κ2) is 9.56. The Morgan fingerprint density at radius 3 is 2.43 bits per heavy atom. The fourth-order valence-corrected chi connectivity index (χ4v) is 2.03. The topological polar surface area (TPSA) is 96.5 Å². The fourth-order valence-electron chi connectivity index (χ4n) is 1.45. The Morgan fingerprint density at radius 2 is 1.86 bits per heavy atom. The van der Waals surface area contributed by atoms with E-state index in [9.17, 15) is 13.2 Å². The Hall–Kier alpha value is -1.35. The van der Waals surface area contributed by atoms with Crippen LogP contribution in [0.1, 0.15) is 0 Å².